The summed E-state index contributed by atoms with van der Waals surface area (Å²) in [6, 6.07) is 7.35. The normalized spacial score (nSPS) is 11.0. The molecule has 1 aromatic rings. The van der Waals surface area contributed by atoms with Gasteiger partial charge in [-0.25, -0.2) is 4.79 Å². The van der Waals surface area contributed by atoms with E-state index in [-0.39, 0.29) is 18.0 Å². The van der Waals surface area contributed by atoms with E-state index in [0.29, 0.717) is 12.2 Å². The zero-order valence-electron chi connectivity index (χ0n) is 12.4. The Hall–Kier alpha value is -1.88. The quantitative estimate of drug-likeness (QED) is 0.505. The maximum absolute atomic E-state index is 11.5. The Morgan fingerprint density at radius 1 is 1.30 bits per heavy atom. The third kappa shape index (κ3) is 6.33. The molecule has 0 aliphatic heterocycles. The summed E-state index contributed by atoms with van der Waals surface area (Å²) in [7, 11) is 0. The summed E-state index contributed by atoms with van der Waals surface area (Å²) in [6.45, 7) is 8.21. The summed E-state index contributed by atoms with van der Waals surface area (Å²) >= 11 is 0. The highest BCUT2D eigenvalue weighted by Crippen LogP contribution is 2.06. The minimum atomic E-state index is -0.644. The first-order valence-electron chi connectivity index (χ1n) is 6.51. The Kier molecular flexibility index (Phi) is 5.70. The molecule has 0 bridgehead atoms. The molecule has 0 spiro atoms. The van der Waals surface area contributed by atoms with Gasteiger partial charge in [0.1, 0.15) is 12.4 Å². The Bertz CT molecular complexity index is 478. The molecule has 5 nitrogen and oxygen atoms in total. The van der Waals surface area contributed by atoms with E-state index in [1.807, 2.05) is 45.9 Å². The molecular weight excluding hydrogens is 256 g/mol. The van der Waals surface area contributed by atoms with Gasteiger partial charge >= 0.3 is 6.09 Å². The second-order valence-corrected chi connectivity index (χ2v) is 5.47. The van der Waals surface area contributed by atoms with Crippen molar-refractivity contribution >= 4 is 11.9 Å². The van der Waals surface area contributed by atoms with Gasteiger partial charge in [-0.15, -0.1) is 0 Å². The Balaban J connectivity index is 2.34. The van der Waals surface area contributed by atoms with Crippen LogP contribution >= 0.6 is 0 Å². The van der Waals surface area contributed by atoms with Crippen LogP contribution in [0.4, 0.5) is 4.79 Å². The summed E-state index contributed by atoms with van der Waals surface area (Å²) in [5.41, 5.74) is 1.42. The van der Waals surface area contributed by atoms with Crippen LogP contribution in [-0.4, -0.2) is 30.7 Å². The summed E-state index contributed by atoms with van der Waals surface area (Å²) in [5, 5.41) is 10.2. The lowest BCUT2D eigenvalue weighted by atomic mass is 10.1. The number of alkyl carbamates (subject to hydrolysis) is 1. The van der Waals surface area contributed by atoms with Gasteiger partial charge in [-0.2, -0.15) is 0 Å². The lowest BCUT2D eigenvalue weighted by Crippen LogP contribution is -2.32. The van der Waals surface area contributed by atoms with Gasteiger partial charge in [-0.05, 0) is 33.8 Å². The van der Waals surface area contributed by atoms with Crippen molar-refractivity contribution in [3.63, 3.8) is 0 Å². The average Bonchev–Trinajstić information content (AvgIpc) is 2.33. The number of amides is 1. The molecule has 0 atom stereocenters. The Morgan fingerprint density at radius 2 is 2.00 bits per heavy atom. The van der Waals surface area contributed by atoms with Crippen LogP contribution < -0.4 is 5.32 Å². The van der Waals surface area contributed by atoms with Crippen molar-refractivity contribution in [1.29, 1.82) is 5.41 Å². The van der Waals surface area contributed by atoms with Crippen LogP contribution in [0.15, 0.2) is 24.3 Å². The van der Waals surface area contributed by atoms with Crippen molar-refractivity contribution in [2.75, 3.05) is 13.2 Å². The summed E-state index contributed by atoms with van der Waals surface area (Å²) in [4.78, 5) is 11.5. The van der Waals surface area contributed by atoms with Gasteiger partial charge in [0, 0.05) is 5.56 Å². The lowest BCUT2D eigenvalue weighted by Gasteiger charge is -2.19. The molecule has 20 heavy (non-hydrogen) atoms. The van der Waals surface area contributed by atoms with E-state index in [1.54, 1.807) is 6.07 Å². The molecule has 0 saturated heterocycles. The van der Waals surface area contributed by atoms with Crippen molar-refractivity contribution in [2.24, 2.45) is 0 Å². The van der Waals surface area contributed by atoms with Crippen LogP contribution in [0.3, 0.4) is 0 Å². The smallest absolute Gasteiger partial charge is 0.412 e. The lowest BCUT2D eigenvalue weighted by molar-refractivity contribution is -0.0226. The number of benzene rings is 1. The molecule has 1 aromatic carbocycles. The number of hydrogen-bond acceptors (Lipinski definition) is 4. The van der Waals surface area contributed by atoms with Gasteiger partial charge in [0.2, 0.25) is 0 Å². The number of carbonyl (C=O) groups is 1. The molecule has 0 aliphatic carbocycles. The first-order valence-corrected chi connectivity index (χ1v) is 6.51. The zero-order chi connectivity index (χ0) is 15.2. The molecule has 1 amide bonds. The summed E-state index contributed by atoms with van der Waals surface area (Å²) < 4.78 is 10.4. The van der Waals surface area contributed by atoms with Gasteiger partial charge in [0.05, 0.1) is 12.2 Å². The predicted molar refractivity (Wildman–Crippen MR) is 78.2 cm³/mol. The maximum atomic E-state index is 11.5. The third-order valence-electron chi connectivity index (χ3n) is 2.39. The van der Waals surface area contributed by atoms with Gasteiger partial charge < -0.3 is 9.47 Å². The number of hydrogen-bond donors (Lipinski definition) is 2. The second kappa shape index (κ2) is 7.05. The average molecular weight is 278 g/mol. The summed E-state index contributed by atoms with van der Waals surface area (Å²) in [5.74, 6) is 0.0236. The third-order valence-corrected chi connectivity index (χ3v) is 2.39. The highest BCUT2D eigenvalue weighted by Gasteiger charge is 2.11. The molecule has 1 rings (SSSR count). The van der Waals surface area contributed by atoms with Crippen molar-refractivity contribution in [2.45, 2.75) is 33.3 Å². The fraction of sp³-hybridized carbons (Fsp3) is 0.467. The topological polar surface area (TPSA) is 71.4 Å². The van der Waals surface area contributed by atoms with Crippen molar-refractivity contribution in [1.82, 2.24) is 5.32 Å². The molecule has 110 valence electrons. The minimum Gasteiger partial charge on any atom is -0.447 e. The van der Waals surface area contributed by atoms with Gasteiger partial charge in [-0.3, -0.25) is 10.7 Å². The van der Waals surface area contributed by atoms with E-state index < -0.39 is 6.09 Å². The van der Waals surface area contributed by atoms with Crippen LogP contribution in [0.2, 0.25) is 0 Å². The zero-order valence-corrected chi connectivity index (χ0v) is 12.4. The molecule has 0 fully saturated rings. The van der Waals surface area contributed by atoms with Gasteiger partial charge in [0.15, 0.2) is 0 Å². The standard InChI is InChI=1S/C15H22N2O3/c1-11-6-5-7-12(10-11)13(16)17-14(18)19-8-9-20-15(2,3)4/h5-7,10H,8-9H2,1-4H3,(H2,16,17,18). The minimum absolute atomic E-state index is 0.0236. The molecule has 5 heteroatoms. The summed E-state index contributed by atoms with van der Waals surface area (Å²) in [6.07, 6.45) is -0.644. The second-order valence-electron chi connectivity index (χ2n) is 5.47. The highest BCUT2D eigenvalue weighted by atomic mass is 16.6. The predicted octanol–water partition coefficient (Wildman–Crippen LogP) is 2.86. The molecule has 0 aliphatic rings. The molecule has 0 aromatic heterocycles. The fourth-order valence-corrected chi connectivity index (χ4v) is 1.49. The van der Waals surface area contributed by atoms with Gasteiger partial charge in [-0.1, -0.05) is 23.8 Å². The maximum Gasteiger partial charge on any atom is 0.412 e. The van der Waals surface area contributed by atoms with Crippen molar-refractivity contribution in [3.8, 4) is 0 Å². The van der Waals surface area contributed by atoms with E-state index in [1.165, 1.54) is 0 Å². The molecule has 0 unspecified atom stereocenters. The monoisotopic (exact) mass is 278 g/mol. The largest absolute Gasteiger partial charge is 0.447 e. The highest BCUT2D eigenvalue weighted by molar-refractivity contribution is 6.04. The van der Waals surface area contributed by atoms with Crippen LogP contribution in [0.5, 0.6) is 0 Å². The Morgan fingerprint density at radius 3 is 2.60 bits per heavy atom. The fourth-order valence-electron chi connectivity index (χ4n) is 1.49. The van der Waals surface area contributed by atoms with E-state index in [9.17, 15) is 4.79 Å². The first kappa shape index (κ1) is 16.2. The van der Waals surface area contributed by atoms with E-state index in [0.717, 1.165) is 5.56 Å². The number of amidine groups is 1. The number of aryl methyl sites for hydroxylation is 1. The van der Waals surface area contributed by atoms with Crippen molar-refractivity contribution in [3.05, 3.63) is 35.4 Å². The molecule has 0 saturated carbocycles. The van der Waals surface area contributed by atoms with Crippen LogP contribution in [0.1, 0.15) is 31.9 Å². The number of ether oxygens (including phenoxy) is 2. The Labute approximate surface area is 119 Å². The molecule has 0 heterocycles. The van der Waals surface area contributed by atoms with Gasteiger partial charge in [0.25, 0.3) is 0 Å². The number of rotatable bonds is 4. The molecule has 0 radical (unpaired) electrons. The first-order chi connectivity index (χ1) is 9.28. The molecule has 2 N–H and O–H groups in total. The van der Waals surface area contributed by atoms with Crippen LogP contribution in [-0.2, 0) is 9.47 Å². The van der Waals surface area contributed by atoms with E-state index >= 15 is 0 Å². The van der Waals surface area contributed by atoms with Crippen LogP contribution in [0.25, 0.3) is 0 Å². The van der Waals surface area contributed by atoms with Crippen molar-refractivity contribution < 1.29 is 14.3 Å². The number of nitrogens with one attached hydrogen (secondary N) is 2. The van der Waals surface area contributed by atoms with Crippen LogP contribution in [0, 0.1) is 12.3 Å². The van der Waals surface area contributed by atoms with E-state index in [4.69, 9.17) is 14.9 Å². The SMILES string of the molecule is Cc1cccc(C(=N)NC(=O)OCCOC(C)(C)C)c1. The number of carbonyl (C=O) groups excluding carboxylic acids is 1. The molecular formula is C15H22N2O3. The van der Waals surface area contributed by atoms with E-state index in [2.05, 4.69) is 5.32 Å².